The molecule has 184 valence electrons. The number of carbonyl (C=O) groups is 1. The van der Waals surface area contributed by atoms with E-state index in [0.717, 1.165) is 0 Å². The van der Waals surface area contributed by atoms with Gasteiger partial charge < -0.3 is 24.4 Å². The third kappa shape index (κ3) is 5.63. The second-order valence-corrected chi connectivity index (χ2v) is 9.59. The van der Waals surface area contributed by atoms with Crippen LogP contribution >= 0.6 is 0 Å². The Hall–Kier alpha value is -2.80. The lowest BCUT2D eigenvalue weighted by Gasteiger charge is -2.31. The summed E-state index contributed by atoms with van der Waals surface area (Å²) in [5.41, 5.74) is 1.02. The third-order valence-electron chi connectivity index (χ3n) is 5.50. The summed E-state index contributed by atoms with van der Waals surface area (Å²) in [6.45, 7) is 0.207. The first-order valence-electron chi connectivity index (χ1n) is 10.8. The van der Waals surface area contributed by atoms with E-state index in [1.54, 1.807) is 6.07 Å². The molecule has 12 heteroatoms. The average Bonchev–Trinajstić information content (AvgIpc) is 2.85. The molecule has 9 nitrogen and oxygen atoms in total. The minimum Gasteiger partial charge on any atom is -0.435 e. The number of amides is 1. The molecule has 1 N–H and O–H groups in total. The average molecular weight is 498 g/mol. The van der Waals surface area contributed by atoms with Gasteiger partial charge in [-0.1, -0.05) is 6.07 Å². The molecular weight excluding hydrogens is 472 g/mol. The summed E-state index contributed by atoms with van der Waals surface area (Å²) in [5.74, 6) is -0.741. The molecule has 34 heavy (non-hydrogen) atoms. The van der Waals surface area contributed by atoms with Gasteiger partial charge in [-0.2, -0.15) is 13.1 Å². The number of hydrogen-bond donors (Lipinski definition) is 1. The van der Waals surface area contributed by atoms with Crippen molar-refractivity contribution in [1.82, 2.24) is 4.31 Å². The number of halogens is 2. The van der Waals surface area contributed by atoms with E-state index in [0.29, 0.717) is 50.9 Å². The predicted octanol–water partition coefficient (Wildman–Crippen LogP) is 2.40. The van der Waals surface area contributed by atoms with E-state index in [2.05, 4.69) is 10.1 Å². The Morgan fingerprint density at radius 3 is 2.32 bits per heavy atom. The molecule has 2 saturated heterocycles. The Kier molecular flexibility index (Phi) is 7.61. The lowest BCUT2D eigenvalue weighted by molar-refractivity contribution is -0.0498. The molecule has 2 aliphatic heterocycles. The van der Waals surface area contributed by atoms with E-state index in [-0.39, 0.29) is 29.3 Å². The van der Waals surface area contributed by atoms with Crippen LogP contribution in [-0.4, -0.2) is 77.8 Å². The lowest BCUT2D eigenvalue weighted by Crippen LogP contribution is -2.40. The van der Waals surface area contributed by atoms with E-state index in [1.807, 2.05) is 4.90 Å². The second-order valence-electron chi connectivity index (χ2n) is 7.66. The Labute approximate surface area is 196 Å². The fourth-order valence-electron chi connectivity index (χ4n) is 3.80. The smallest absolute Gasteiger partial charge is 0.387 e. The molecule has 0 radical (unpaired) electrons. The van der Waals surface area contributed by atoms with Crippen molar-refractivity contribution in [2.75, 3.05) is 62.8 Å². The van der Waals surface area contributed by atoms with Crippen LogP contribution in [0.25, 0.3) is 0 Å². The van der Waals surface area contributed by atoms with Crippen LogP contribution in [0.5, 0.6) is 5.75 Å². The molecule has 0 unspecified atom stereocenters. The SMILES string of the molecule is O=C(Nc1cc(S(=O)(=O)N2CCOCC2)ccc1N1CCOCC1)c1cccc(OC(F)F)c1. The van der Waals surface area contributed by atoms with Crippen LogP contribution in [0, 0.1) is 0 Å². The van der Waals surface area contributed by atoms with Crippen LogP contribution in [0.1, 0.15) is 10.4 Å². The van der Waals surface area contributed by atoms with Gasteiger partial charge in [-0.3, -0.25) is 4.79 Å². The fourth-order valence-corrected chi connectivity index (χ4v) is 5.23. The van der Waals surface area contributed by atoms with Gasteiger partial charge in [0.25, 0.3) is 5.91 Å². The van der Waals surface area contributed by atoms with Gasteiger partial charge in [0.2, 0.25) is 10.0 Å². The molecule has 2 heterocycles. The Morgan fingerprint density at radius 2 is 1.65 bits per heavy atom. The number of sulfonamides is 1. The quantitative estimate of drug-likeness (QED) is 0.628. The highest BCUT2D eigenvalue weighted by Crippen LogP contribution is 2.32. The van der Waals surface area contributed by atoms with Crippen molar-refractivity contribution in [3.63, 3.8) is 0 Å². The van der Waals surface area contributed by atoms with Crippen LogP contribution in [0.4, 0.5) is 20.2 Å². The van der Waals surface area contributed by atoms with Crippen LogP contribution < -0.4 is 15.0 Å². The molecule has 1 amide bonds. The summed E-state index contributed by atoms with van der Waals surface area (Å²) in [6, 6.07) is 9.99. The van der Waals surface area contributed by atoms with Crippen molar-refractivity contribution in [1.29, 1.82) is 0 Å². The highest BCUT2D eigenvalue weighted by atomic mass is 32.2. The molecule has 0 atom stereocenters. The van der Waals surface area contributed by atoms with Crippen LogP contribution in [-0.2, 0) is 19.5 Å². The molecule has 2 aromatic carbocycles. The minimum atomic E-state index is -3.80. The van der Waals surface area contributed by atoms with Crippen LogP contribution in [0.2, 0.25) is 0 Å². The van der Waals surface area contributed by atoms with E-state index in [9.17, 15) is 22.0 Å². The molecular formula is C22H25F2N3O6S. The van der Waals surface area contributed by atoms with Crippen LogP contribution in [0.3, 0.4) is 0 Å². The number of carbonyl (C=O) groups excluding carboxylic acids is 1. The van der Waals surface area contributed by atoms with E-state index < -0.39 is 22.5 Å². The van der Waals surface area contributed by atoms with Crippen LogP contribution in [0.15, 0.2) is 47.4 Å². The monoisotopic (exact) mass is 497 g/mol. The van der Waals surface area contributed by atoms with E-state index in [4.69, 9.17) is 9.47 Å². The number of rotatable bonds is 7. The van der Waals surface area contributed by atoms with Gasteiger partial charge in [-0.15, -0.1) is 0 Å². The number of alkyl halides is 2. The zero-order valence-electron chi connectivity index (χ0n) is 18.3. The van der Waals surface area contributed by atoms with Crippen molar-refractivity contribution in [2.24, 2.45) is 0 Å². The number of nitrogens with one attached hydrogen (secondary N) is 1. The first-order chi connectivity index (χ1) is 16.3. The van der Waals surface area contributed by atoms with Gasteiger partial charge in [0.15, 0.2) is 0 Å². The molecule has 2 aliphatic rings. The van der Waals surface area contributed by atoms with Crippen molar-refractivity contribution in [3.05, 3.63) is 48.0 Å². The third-order valence-corrected chi connectivity index (χ3v) is 7.39. The van der Waals surface area contributed by atoms with Gasteiger partial charge in [-0.25, -0.2) is 8.42 Å². The number of hydrogen-bond acceptors (Lipinski definition) is 7. The number of benzene rings is 2. The minimum absolute atomic E-state index is 0.0384. The summed E-state index contributed by atoms with van der Waals surface area (Å²) in [6.07, 6.45) is 0. The van der Waals surface area contributed by atoms with Crippen molar-refractivity contribution in [3.8, 4) is 5.75 Å². The molecule has 2 fully saturated rings. The topological polar surface area (TPSA) is 97.4 Å². The fraction of sp³-hybridized carbons (Fsp3) is 0.409. The predicted molar refractivity (Wildman–Crippen MR) is 120 cm³/mol. The van der Waals surface area contributed by atoms with E-state index >= 15 is 0 Å². The van der Waals surface area contributed by atoms with Gasteiger partial charge in [0.1, 0.15) is 5.75 Å². The number of ether oxygens (including phenoxy) is 3. The van der Waals surface area contributed by atoms with Gasteiger partial charge >= 0.3 is 6.61 Å². The Balaban J connectivity index is 1.65. The summed E-state index contributed by atoms with van der Waals surface area (Å²) in [7, 11) is -3.80. The summed E-state index contributed by atoms with van der Waals surface area (Å²) in [4.78, 5) is 15.0. The molecule has 4 rings (SSSR count). The number of morpholine rings is 2. The van der Waals surface area contributed by atoms with Gasteiger partial charge in [0, 0.05) is 31.7 Å². The highest BCUT2D eigenvalue weighted by Gasteiger charge is 2.28. The zero-order chi connectivity index (χ0) is 24.1. The molecule has 0 bridgehead atoms. The highest BCUT2D eigenvalue weighted by molar-refractivity contribution is 7.89. The number of nitrogens with zero attached hydrogens (tertiary/aromatic N) is 2. The molecule has 0 spiro atoms. The van der Waals surface area contributed by atoms with Crippen molar-refractivity contribution in [2.45, 2.75) is 11.5 Å². The largest absolute Gasteiger partial charge is 0.435 e. The molecule has 0 aliphatic carbocycles. The maximum atomic E-state index is 13.2. The van der Waals surface area contributed by atoms with E-state index in [1.165, 1.54) is 40.7 Å². The van der Waals surface area contributed by atoms with Crippen molar-refractivity contribution < 1.29 is 36.2 Å². The Bertz CT molecular complexity index is 1120. The molecule has 2 aromatic rings. The number of anilines is 2. The normalized spacial score (nSPS) is 17.6. The summed E-state index contributed by atoms with van der Waals surface area (Å²) >= 11 is 0. The van der Waals surface area contributed by atoms with Gasteiger partial charge in [0.05, 0.1) is 42.7 Å². The van der Waals surface area contributed by atoms with Gasteiger partial charge in [-0.05, 0) is 36.4 Å². The standard InChI is InChI=1S/C22H25F2N3O6S/c23-22(24)33-17-3-1-2-16(14-17)21(28)25-19-15-18(34(29,30)27-8-12-32-13-9-27)4-5-20(19)26-6-10-31-11-7-26/h1-5,14-15,22H,6-13H2,(H,25,28). The second kappa shape index (κ2) is 10.6. The summed E-state index contributed by atoms with van der Waals surface area (Å²) in [5, 5.41) is 2.75. The maximum Gasteiger partial charge on any atom is 0.387 e. The summed E-state index contributed by atoms with van der Waals surface area (Å²) < 4.78 is 67.8. The first kappa shape index (κ1) is 24.3. The Morgan fingerprint density at radius 1 is 0.971 bits per heavy atom. The maximum absolute atomic E-state index is 13.2. The molecule has 0 saturated carbocycles. The van der Waals surface area contributed by atoms with Crippen molar-refractivity contribution >= 4 is 27.3 Å². The molecule has 0 aromatic heterocycles. The lowest BCUT2D eigenvalue weighted by atomic mass is 10.1. The zero-order valence-corrected chi connectivity index (χ0v) is 19.1. The first-order valence-corrected chi connectivity index (χ1v) is 12.2.